The van der Waals surface area contributed by atoms with Gasteiger partial charge in [-0.15, -0.1) is 0 Å². The molecule has 1 heterocycles. The van der Waals surface area contributed by atoms with E-state index in [2.05, 4.69) is 5.32 Å². The van der Waals surface area contributed by atoms with Gasteiger partial charge < -0.3 is 5.32 Å². The van der Waals surface area contributed by atoms with Crippen LogP contribution in [0.4, 0.5) is 0 Å². The Hall–Kier alpha value is -2.95. The molecule has 0 saturated heterocycles. The van der Waals surface area contributed by atoms with Gasteiger partial charge in [0.2, 0.25) is 0 Å². The fourth-order valence-electron chi connectivity index (χ4n) is 2.72. The van der Waals surface area contributed by atoms with Crippen LogP contribution in [0.2, 0.25) is 0 Å². The lowest BCUT2D eigenvalue weighted by Gasteiger charge is -2.15. The van der Waals surface area contributed by atoms with Crippen molar-refractivity contribution < 1.29 is 14.4 Å². The molecule has 1 aliphatic rings. The number of hydrogen-bond acceptors (Lipinski definition) is 3. The molecule has 5 nitrogen and oxygen atoms in total. The second-order valence-electron chi connectivity index (χ2n) is 6.07. The molecule has 1 aliphatic heterocycles. The summed E-state index contributed by atoms with van der Waals surface area (Å²) in [5.74, 6) is -0.769. The molecule has 0 fully saturated rings. The molecule has 3 rings (SSSR count). The van der Waals surface area contributed by atoms with E-state index in [-0.39, 0.29) is 30.3 Å². The maximum atomic E-state index is 12.4. The lowest BCUT2D eigenvalue weighted by Crippen LogP contribution is -2.31. The van der Waals surface area contributed by atoms with Gasteiger partial charge in [-0.3, -0.25) is 19.3 Å². The minimum Gasteiger partial charge on any atom is -0.350 e. The van der Waals surface area contributed by atoms with Crippen molar-refractivity contribution in [1.29, 1.82) is 0 Å². The second-order valence-corrected chi connectivity index (χ2v) is 6.07. The monoisotopic (exact) mass is 322 g/mol. The first-order chi connectivity index (χ1) is 11.5. The van der Waals surface area contributed by atoms with Crippen molar-refractivity contribution in [2.24, 2.45) is 0 Å². The molecule has 0 aliphatic carbocycles. The third kappa shape index (κ3) is 2.93. The van der Waals surface area contributed by atoms with E-state index in [4.69, 9.17) is 0 Å². The van der Waals surface area contributed by atoms with Crippen molar-refractivity contribution in [3.63, 3.8) is 0 Å². The van der Waals surface area contributed by atoms with E-state index in [1.165, 1.54) is 4.90 Å². The van der Waals surface area contributed by atoms with Gasteiger partial charge in [-0.2, -0.15) is 0 Å². The SMILES string of the molecule is CC(C)NC(=O)c1cccc(CN2C(=O)c3ccccc3C2=O)c1. The maximum absolute atomic E-state index is 12.4. The number of nitrogens with zero attached hydrogens (tertiary/aromatic N) is 1. The molecule has 0 saturated carbocycles. The van der Waals surface area contributed by atoms with Gasteiger partial charge in [0.1, 0.15) is 0 Å². The molecule has 2 aromatic rings. The van der Waals surface area contributed by atoms with Gasteiger partial charge in [0, 0.05) is 11.6 Å². The lowest BCUT2D eigenvalue weighted by molar-refractivity contribution is 0.0642. The molecule has 2 aromatic carbocycles. The number of carbonyl (C=O) groups excluding carboxylic acids is 3. The van der Waals surface area contributed by atoms with Crippen molar-refractivity contribution in [1.82, 2.24) is 10.2 Å². The van der Waals surface area contributed by atoms with E-state index in [9.17, 15) is 14.4 Å². The topological polar surface area (TPSA) is 66.5 Å². The van der Waals surface area contributed by atoms with Crippen LogP contribution in [0, 0.1) is 0 Å². The van der Waals surface area contributed by atoms with Crippen LogP contribution < -0.4 is 5.32 Å². The molecule has 122 valence electrons. The van der Waals surface area contributed by atoms with Crippen LogP contribution in [0.5, 0.6) is 0 Å². The van der Waals surface area contributed by atoms with Crippen LogP contribution in [0.25, 0.3) is 0 Å². The van der Waals surface area contributed by atoms with Gasteiger partial charge in [-0.1, -0.05) is 24.3 Å². The summed E-state index contributed by atoms with van der Waals surface area (Å²) in [5.41, 5.74) is 2.10. The number of amides is 3. The van der Waals surface area contributed by atoms with E-state index in [1.54, 1.807) is 48.5 Å². The first kappa shape index (κ1) is 15.9. The van der Waals surface area contributed by atoms with Gasteiger partial charge in [-0.25, -0.2) is 0 Å². The number of fused-ring (bicyclic) bond motifs is 1. The van der Waals surface area contributed by atoms with Gasteiger partial charge in [0.25, 0.3) is 17.7 Å². The molecule has 0 aromatic heterocycles. The number of rotatable bonds is 4. The zero-order chi connectivity index (χ0) is 17.3. The summed E-state index contributed by atoms with van der Waals surface area (Å²) in [5, 5.41) is 2.83. The van der Waals surface area contributed by atoms with Crippen LogP contribution in [0.3, 0.4) is 0 Å². The molecule has 0 radical (unpaired) electrons. The first-order valence-corrected chi connectivity index (χ1v) is 7.82. The Morgan fingerprint density at radius 3 is 2.21 bits per heavy atom. The molecule has 0 atom stereocenters. The Labute approximate surface area is 140 Å². The van der Waals surface area contributed by atoms with E-state index >= 15 is 0 Å². The normalized spacial score (nSPS) is 13.4. The van der Waals surface area contributed by atoms with Gasteiger partial charge in [0.15, 0.2) is 0 Å². The van der Waals surface area contributed by atoms with Gasteiger partial charge in [0.05, 0.1) is 17.7 Å². The average molecular weight is 322 g/mol. The third-order valence-electron chi connectivity index (χ3n) is 3.83. The molecule has 5 heteroatoms. The minimum atomic E-state index is -0.298. The highest BCUT2D eigenvalue weighted by Crippen LogP contribution is 2.24. The van der Waals surface area contributed by atoms with E-state index < -0.39 is 0 Å². The summed E-state index contributed by atoms with van der Waals surface area (Å²) in [6.07, 6.45) is 0. The Bertz CT molecular complexity index is 792. The van der Waals surface area contributed by atoms with Crippen molar-refractivity contribution >= 4 is 17.7 Å². The number of nitrogens with one attached hydrogen (secondary N) is 1. The Morgan fingerprint density at radius 1 is 1.00 bits per heavy atom. The standard InChI is InChI=1S/C19H18N2O3/c1-12(2)20-17(22)14-7-5-6-13(10-14)11-21-18(23)15-8-3-4-9-16(15)19(21)24/h3-10,12H,11H2,1-2H3,(H,20,22). The van der Waals surface area contributed by atoms with Crippen LogP contribution in [0.15, 0.2) is 48.5 Å². The third-order valence-corrected chi connectivity index (χ3v) is 3.83. The highest BCUT2D eigenvalue weighted by Gasteiger charge is 2.34. The lowest BCUT2D eigenvalue weighted by atomic mass is 10.1. The number of hydrogen-bond donors (Lipinski definition) is 1. The molecule has 3 amide bonds. The summed E-state index contributed by atoms with van der Waals surface area (Å²) in [6.45, 7) is 3.93. The Morgan fingerprint density at radius 2 is 1.62 bits per heavy atom. The van der Waals surface area contributed by atoms with E-state index in [0.29, 0.717) is 16.7 Å². The van der Waals surface area contributed by atoms with Crippen molar-refractivity contribution in [3.8, 4) is 0 Å². The molecule has 0 spiro atoms. The molecule has 0 unspecified atom stereocenters. The molecule has 0 bridgehead atoms. The van der Waals surface area contributed by atoms with Crippen LogP contribution in [-0.4, -0.2) is 28.7 Å². The zero-order valence-electron chi connectivity index (χ0n) is 13.6. The molecular formula is C19H18N2O3. The van der Waals surface area contributed by atoms with Crippen molar-refractivity contribution in [2.75, 3.05) is 0 Å². The smallest absolute Gasteiger partial charge is 0.261 e. The molecule has 24 heavy (non-hydrogen) atoms. The van der Waals surface area contributed by atoms with E-state index in [1.807, 2.05) is 13.8 Å². The van der Waals surface area contributed by atoms with Crippen LogP contribution in [0.1, 0.15) is 50.5 Å². The molecule has 1 N–H and O–H groups in total. The predicted octanol–water partition coefficient (Wildman–Crippen LogP) is 2.62. The van der Waals surface area contributed by atoms with Crippen LogP contribution in [-0.2, 0) is 6.54 Å². The van der Waals surface area contributed by atoms with Crippen molar-refractivity contribution in [2.45, 2.75) is 26.4 Å². The highest BCUT2D eigenvalue weighted by atomic mass is 16.2. The van der Waals surface area contributed by atoms with Gasteiger partial charge >= 0.3 is 0 Å². The second kappa shape index (κ2) is 6.28. The minimum absolute atomic E-state index is 0.0393. The number of carbonyl (C=O) groups is 3. The largest absolute Gasteiger partial charge is 0.350 e. The number of benzene rings is 2. The quantitative estimate of drug-likeness (QED) is 0.880. The fraction of sp³-hybridized carbons (Fsp3) is 0.211. The van der Waals surface area contributed by atoms with Gasteiger partial charge in [-0.05, 0) is 43.7 Å². The van der Waals surface area contributed by atoms with Crippen molar-refractivity contribution in [3.05, 3.63) is 70.8 Å². The summed E-state index contributed by atoms with van der Waals surface area (Å²) in [6, 6.07) is 13.8. The predicted molar refractivity (Wildman–Crippen MR) is 89.7 cm³/mol. The summed E-state index contributed by atoms with van der Waals surface area (Å²) in [4.78, 5) is 38.1. The zero-order valence-corrected chi connectivity index (χ0v) is 13.6. The summed E-state index contributed by atoms with van der Waals surface area (Å²) in [7, 11) is 0. The molecular weight excluding hydrogens is 304 g/mol. The Kier molecular flexibility index (Phi) is 4.16. The Balaban J connectivity index is 1.82. The summed E-state index contributed by atoms with van der Waals surface area (Å²) >= 11 is 0. The maximum Gasteiger partial charge on any atom is 0.261 e. The summed E-state index contributed by atoms with van der Waals surface area (Å²) < 4.78 is 0. The average Bonchev–Trinajstić information content (AvgIpc) is 2.80. The van der Waals surface area contributed by atoms with Crippen LogP contribution >= 0.6 is 0 Å². The fourth-order valence-corrected chi connectivity index (χ4v) is 2.72. The number of imide groups is 1. The van der Waals surface area contributed by atoms with E-state index in [0.717, 1.165) is 5.56 Å². The highest BCUT2D eigenvalue weighted by molar-refractivity contribution is 6.21. The first-order valence-electron chi connectivity index (χ1n) is 7.82.